The van der Waals surface area contributed by atoms with Crippen LogP contribution in [-0.4, -0.2) is 17.7 Å². The molecule has 0 aromatic heterocycles. The number of nitrogens with one attached hydrogen (secondary N) is 1. The molecule has 3 aromatic rings. The number of benzene rings is 3. The Kier molecular flexibility index (Phi) is 4.15. The summed E-state index contributed by atoms with van der Waals surface area (Å²) >= 11 is 0. The predicted molar refractivity (Wildman–Crippen MR) is 91.3 cm³/mol. The van der Waals surface area contributed by atoms with Crippen molar-refractivity contribution in [3.05, 3.63) is 66.2 Å². The van der Waals surface area contributed by atoms with E-state index < -0.39 is 0 Å². The minimum Gasteiger partial charge on any atom is -0.507 e. The highest BCUT2D eigenvalue weighted by molar-refractivity contribution is 6.01. The summed E-state index contributed by atoms with van der Waals surface area (Å²) in [6.45, 7) is 2.11. The number of ether oxygens (including phenoxy) is 1. The van der Waals surface area contributed by atoms with Crippen molar-refractivity contribution in [3.8, 4) is 5.75 Å². The maximum absolute atomic E-state index is 12.1. The fourth-order valence-electron chi connectivity index (χ4n) is 2.53. The minimum absolute atomic E-state index is 0.227. The lowest BCUT2D eigenvalue weighted by atomic mass is 10.1. The number of aromatic hydroxyl groups is 1. The van der Waals surface area contributed by atoms with Crippen molar-refractivity contribution in [2.24, 2.45) is 0 Å². The lowest BCUT2D eigenvalue weighted by Crippen LogP contribution is -2.07. The molecule has 0 aliphatic carbocycles. The summed E-state index contributed by atoms with van der Waals surface area (Å²) in [4.78, 5) is 12.1. The van der Waals surface area contributed by atoms with E-state index in [0.29, 0.717) is 17.9 Å². The second-order valence-corrected chi connectivity index (χ2v) is 5.07. The quantitative estimate of drug-likeness (QED) is 0.698. The second-order valence-electron chi connectivity index (χ2n) is 5.07. The van der Waals surface area contributed by atoms with Crippen molar-refractivity contribution in [3.63, 3.8) is 0 Å². The van der Waals surface area contributed by atoms with Crippen molar-refractivity contribution in [1.82, 2.24) is 0 Å². The van der Waals surface area contributed by atoms with Gasteiger partial charge in [-0.2, -0.15) is 0 Å². The molecule has 116 valence electrons. The van der Waals surface area contributed by atoms with E-state index >= 15 is 0 Å². The van der Waals surface area contributed by atoms with Crippen LogP contribution in [0.2, 0.25) is 0 Å². The number of hydrogen-bond acceptors (Lipinski definition) is 4. The van der Waals surface area contributed by atoms with E-state index in [2.05, 4.69) is 5.32 Å². The number of phenolic OH excluding ortho intramolecular Hbond substituents is 1. The number of anilines is 2. The van der Waals surface area contributed by atoms with Crippen molar-refractivity contribution in [2.45, 2.75) is 6.92 Å². The van der Waals surface area contributed by atoms with Crippen molar-refractivity contribution in [1.29, 1.82) is 0 Å². The third-order valence-corrected chi connectivity index (χ3v) is 3.59. The maximum atomic E-state index is 12.1. The topological polar surface area (TPSA) is 58.6 Å². The zero-order chi connectivity index (χ0) is 16.2. The van der Waals surface area contributed by atoms with E-state index in [0.717, 1.165) is 16.5 Å². The van der Waals surface area contributed by atoms with Crippen LogP contribution < -0.4 is 5.32 Å². The Balaban J connectivity index is 2.04. The first-order valence-electron chi connectivity index (χ1n) is 7.44. The van der Waals surface area contributed by atoms with Crippen LogP contribution in [-0.2, 0) is 4.74 Å². The lowest BCUT2D eigenvalue weighted by molar-refractivity contribution is 0.0527. The molecule has 0 bridgehead atoms. The van der Waals surface area contributed by atoms with Crippen LogP contribution >= 0.6 is 0 Å². The Hall–Kier alpha value is -3.01. The Morgan fingerprint density at radius 2 is 1.65 bits per heavy atom. The number of rotatable bonds is 4. The van der Waals surface area contributed by atoms with Gasteiger partial charge in [0.25, 0.3) is 0 Å². The zero-order valence-electron chi connectivity index (χ0n) is 12.7. The number of esters is 1. The third kappa shape index (κ3) is 2.97. The first-order valence-corrected chi connectivity index (χ1v) is 7.44. The highest BCUT2D eigenvalue weighted by Gasteiger charge is 2.13. The molecule has 0 amide bonds. The van der Waals surface area contributed by atoms with E-state index in [4.69, 9.17) is 4.74 Å². The zero-order valence-corrected chi connectivity index (χ0v) is 12.7. The predicted octanol–water partition coefficient (Wildman–Crippen LogP) is 4.47. The van der Waals surface area contributed by atoms with Crippen LogP contribution in [0.15, 0.2) is 60.7 Å². The number of fused-ring (bicyclic) bond motifs is 1. The van der Waals surface area contributed by atoms with Gasteiger partial charge in [-0.1, -0.05) is 36.4 Å². The third-order valence-electron chi connectivity index (χ3n) is 3.59. The summed E-state index contributed by atoms with van der Waals surface area (Å²) < 4.78 is 5.09. The molecule has 0 atom stereocenters. The molecule has 3 aromatic carbocycles. The maximum Gasteiger partial charge on any atom is 0.340 e. The number of carbonyl (C=O) groups is 1. The Morgan fingerprint density at radius 3 is 2.48 bits per heavy atom. The van der Waals surface area contributed by atoms with Gasteiger partial charge in [-0.15, -0.1) is 0 Å². The summed E-state index contributed by atoms with van der Waals surface area (Å²) in [7, 11) is 0. The summed E-state index contributed by atoms with van der Waals surface area (Å²) in [5.41, 5.74) is 1.96. The smallest absolute Gasteiger partial charge is 0.340 e. The summed E-state index contributed by atoms with van der Waals surface area (Å²) in [5, 5.41) is 14.9. The second kappa shape index (κ2) is 6.40. The van der Waals surface area contributed by atoms with E-state index in [9.17, 15) is 9.90 Å². The van der Waals surface area contributed by atoms with Crippen LogP contribution in [0.3, 0.4) is 0 Å². The van der Waals surface area contributed by atoms with Crippen LogP contribution in [0.1, 0.15) is 17.3 Å². The van der Waals surface area contributed by atoms with Crippen molar-refractivity contribution < 1.29 is 14.6 Å². The first-order chi connectivity index (χ1) is 11.2. The minimum atomic E-state index is -0.362. The molecule has 0 aliphatic rings. The molecule has 0 unspecified atom stereocenters. The van der Waals surface area contributed by atoms with Gasteiger partial charge in [-0.05, 0) is 31.2 Å². The average molecular weight is 307 g/mol. The summed E-state index contributed by atoms with van der Waals surface area (Å²) in [6.07, 6.45) is 0. The molecule has 23 heavy (non-hydrogen) atoms. The highest BCUT2D eigenvalue weighted by atomic mass is 16.5. The average Bonchev–Trinajstić information content (AvgIpc) is 2.56. The molecule has 0 aliphatic heterocycles. The molecular weight excluding hydrogens is 290 g/mol. The first kappa shape index (κ1) is 14.9. The fraction of sp³-hybridized carbons (Fsp3) is 0.105. The standard InChI is InChI=1S/C19H17NO3/c1-2-23-19(22)15-7-3-4-10-17(15)20-16-11-5-9-14-13(16)8-6-12-18(14)21/h3-12,20-21H,2H2,1H3. The molecule has 4 heteroatoms. The van der Waals surface area contributed by atoms with Gasteiger partial charge in [-0.3, -0.25) is 0 Å². The SMILES string of the molecule is CCOC(=O)c1ccccc1Nc1cccc2c(O)cccc12. The van der Waals surface area contributed by atoms with Gasteiger partial charge in [-0.25, -0.2) is 4.79 Å². The molecule has 4 nitrogen and oxygen atoms in total. The van der Waals surface area contributed by atoms with E-state index in [1.54, 1.807) is 31.2 Å². The molecule has 0 saturated carbocycles. The van der Waals surface area contributed by atoms with Gasteiger partial charge in [0.2, 0.25) is 0 Å². The van der Waals surface area contributed by atoms with Gasteiger partial charge >= 0.3 is 5.97 Å². The Bertz CT molecular complexity index is 858. The van der Waals surface area contributed by atoms with Crippen LogP contribution in [0, 0.1) is 0 Å². The Morgan fingerprint density at radius 1 is 0.957 bits per heavy atom. The monoisotopic (exact) mass is 307 g/mol. The van der Waals surface area contributed by atoms with Crippen LogP contribution in [0.4, 0.5) is 11.4 Å². The fourth-order valence-corrected chi connectivity index (χ4v) is 2.53. The molecule has 0 saturated heterocycles. The van der Waals surface area contributed by atoms with E-state index in [1.807, 2.05) is 36.4 Å². The highest BCUT2D eigenvalue weighted by Crippen LogP contribution is 2.32. The number of phenols is 1. The van der Waals surface area contributed by atoms with Crippen molar-refractivity contribution >= 4 is 28.1 Å². The van der Waals surface area contributed by atoms with E-state index in [1.165, 1.54) is 0 Å². The summed E-state index contributed by atoms with van der Waals surface area (Å²) in [5.74, 6) is -0.136. The van der Waals surface area contributed by atoms with Gasteiger partial charge in [0.05, 0.1) is 17.9 Å². The molecule has 3 rings (SSSR count). The molecule has 0 heterocycles. The van der Waals surface area contributed by atoms with Gasteiger partial charge in [0.1, 0.15) is 5.75 Å². The number of hydrogen-bond donors (Lipinski definition) is 2. The molecule has 2 N–H and O–H groups in total. The van der Waals surface area contributed by atoms with Crippen LogP contribution in [0.25, 0.3) is 10.8 Å². The molecular formula is C19H17NO3. The van der Waals surface area contributed by atoms with Crippen molar-refractivity contribution in [2.75, 3.05) is 11.9 Å². The largest absolute Gasteiger partial charge is 0.507 e. The van der Waals surface area contributed by atoms with Gasteiger partial charge in [0.15, 0.2) is 0 Å². The lowest BCUT2D eigenvalue weighted by Gasteiger charge is -2.13. The molecule has 0 fully saturated rings. The van der Waals surface area contributed by atoms with E-state index in [-0.39, 0.29) is 11.7 Å². The normalized spacial score (nSPS) is 10.5. The number of para-hydroxylation sites is 1. The van der Waals surface area contributed by atoms with Crippen LogP contribution in [0.5, 0.6) is 5.75 Å². The van der Waals surface area contributed by atoms with Gasteiger partial charge < -0.3 is 15.2 Å². The molecule has 0 spiro atoms. The number of carbonyl (C=O) groups excluding carboxylic acids is 1. The van der Waals surface area contributed by atoms with Gasteiger partial charge in [0, 0.05) is 16.5 Å². The Labute approximate surface area is 134 Å². The molecule has 0 radical (unpaired) electrons. The summed E-state index contributed by atoms with van der Waals surface area (Å²) in [6, 6.07) is 18.2.